The molecule has 162 valence electrons. The molecule has 0 bridgehead atoms. The Morgan fingerprint density at radius 2 is 1.60 bits per heavy atom. The normalized spacial score (nSPS) is 12.8. The number of carbonyl (C=O) groups excluding carboxylic acids is 1. The highest BCUT2D eigenvalue weighted by molar-refractivity contribution is 7.45. The third kappa shape index (κ3) is 7.61. The molecule has 2 unspecified atom stereocenters. The molecule has 2 aromatic carbocycles. The summed E-state index contributed by atoms with van der Waals surface area (Å²) in [7, 11) is -1.76. The molecule has 8 nitrogen and oxygen atoms in total. The predicted octanol–water partition coefficient (Wildman–Crippen LogP) is 5.24. The minimum atomic E-state index is -1.76. The molecule has 0 radical (unpaired) electrons. The lowest BCUT2D eigenvalue weighted by Crippen LogP contribution is -2.34. The lowest BCUT2D eigenvalue weighted by atomic mass is 10.1. The minimum Gasteiger partial charge on any atom is -0.464 e. The second-order valence-corrected chi connectivity index (χ2v) is 7.80. The van der Waals surface area contributed by atoms with Crippen molar-refractivity contribution in [3.63, 3.8) is 0 Å². The zero-order valence-corrected chi connectivity index (χ0v) is 18.2. The molecule has 0 saturated heterocycles. The fourth-order valence-electron chi connectivity index (χ4n) is 2.43. The van der Waals surface area contributed by atoms with Crippen LogP contribution in [0.2, 0.25) is 0 Å². The Morgan fingerprint density at radius 1 is 1.03 bits per heavy atom. The van der Waals surface area contributed by atoms with Gasteiger partial charge < -0.3 is 13.8 Å². The summed E-state index contributed by atoms with van der Waals surface area (Å²) in [5.74, 6) is 0.890. The van der Waals surface area contributed by atoms with Crippen molar-refractivity contribution in [3.05, 3.63) is 64.7 Å². The number of hydrogen-bond donors (Lipinski definition) is 1. The van der Waals surface area contributed by atoms with Gasteiger partial charge in [-0.3, -0.25) is 14.9 Å². The standard InChI is InChI=1S/C21H27N2O6P/c1-4-17(5-2)15-27-21(24)16(3)22-30(28-19-9-7-6-8-10-19)29-20-13-11-18(12-14-20)23(25)26/h6-14,16-17,22H,4-5,15H2,1-3H3. The number of nitrogens with zero attached hydrogens (tertiary/aromatic N) is 1. The van der Waals surface area contributed by atoms with Crippen LogP contribution in [0.3, 0.4) is 0 Å². The molecule has 0 aliphatic carbocycles. The number of ether oxygens (including phenoxy) is 1. The van der Waals surface area contributed by atoms with Crippen LogP contribution < -0.4 is 14.1 Å². The van der Waals surface area contributed by atoms with E-state index in [1.165, 1.54) is 24.3 Å². The average Bonchev–Trinajstić information content (AvgIpc) is 2.75. The Hall–Kier alpha value is -2.70. The number of rotatable bonds is 12. The van der Waals surface area contributed by atoms with Crippen molar-refractivity contribution in [1.82, 2.24) is 5.09 Å². The summed E-state index contributed by atoms with van der Waals surface area (Å²) < 4.78 is 17.1. The average molecular weight is 434 g/mol. The molecule has 2 rings (SSSR count). The molecule has 0 fully saturated rings. The molecule has 0 aromatic heterocycles. The molecule has 0 aliphatic rings. The molecule has 30 heavy (non-hydrogen) atoms. The van der Waals surface area contributed by atoms with Crippen molar-refractivity contribution >= 4 is 20.2 Å². The molecule has 0 aliphatic heterocycles. The second-order valence-electron chi connectivity index (χ2n) is 6.67. The molecule has 0 heterocycles. The number of hydrogen-bond acceptors (Lipinski definition) is 7. The third-order valence-electron chi connectivity index (χ3n) is 4.44. The van der Waals surface area contributed by atoms with Crippen molar-refractivity contribution in [2.24, 2.45) is 5.92 Å². The van der Waals surface area contributed by atoms with E-state index >= 15 is 0 Å². The molecule has 0 amide bonds. The van der Waals surface area contributed by atoms with Gasteiger partial charge in [0.05, 0.1) is 11.5 Å². The number of non-ortho nitro benzene ring substituents is 1. The molecule has 2 atom stereocenters. The van der Waals surface area contributed by atoms with Gasteiger partial charge in [0, 0.05) is 12.1 Å². The van der Waals surface area contributed by atoms with E-state index in [-0.39, 0.29) is 5.69 Å². The van der Waals surface area contributed by atoms with Crippen LogP contribution in [0.5, 0.6) is 11.5 Å². The van der Waals surface area contributed by atoms with Crippen LogP contribution in [-0.2, 0) is 9.53 Å². The summed E-state index contributed by atoms with van der Waals surface area (Å²) >= 11 is 0. The van der Waals surface area contributed by atoms with Crippen molar-refractivity contribution in [2.75, 3.05) is 6.61 Å². The van der Waals surface area contributed by atoms with Gasteiger partial charge in [-0.25, -0.2) is 5.09 Å². The summed E-state index contributed by atoms with van der Waals surface area (Å²) in [6.07, 6.45) is 1.89. The zero-order valence-electron chi connectivity index (χ0n) is 17.3. The first-order valence-electron chi connectivity index (χ1n) is 9.81. The molecule has 0 saturated carbocycles. The summed E-state index contributed by atoms with van der Waals surface area (Å²) in [6, 6.07) is 14.0. The van der Waals surface area contributed by atoms with Crippen LogP contribution in [0, 0.1) is 16.0 Å². The maximum absolute atomic E-state index is 12.4. The molecular weight excluding hydrogens is 407 g/mol. The molecule has 2 aromatic rings. The van der Waals surface area contributed by atoms with E-state index in [0.717, 1.165) is 12.8 Å². The van der Waals surface area contributed by atoms with E-state index in [4.69, 9.17) is 13.8 Å². The van der Waals surface area contributed by atoms with Crippen LogP contribution in [0.1, 0.15) is 33.6 Å². The van der Waals surface area contributed by atoms with Gasteiger partial charge in [0.25, 0.3) is 5.69 Å². The van der Waals surface area contributed by atoms with Gasteiger partial charge in [0.15, 0.2) is 0 Å². The van der Waals surface area contributed by atoms with E-state index in [1.807, 2.05) is 18.2 Å². The van der Waals surface area contributed by atoms with Gasteiger partial charge >= 0.3 is 14.5 Å². The van der Waals surface area contributed by atoms with Crippen LogP contribution in [0.25, 0.3) is 0 Å². The molecule has 0 spiro atoms. The maximum atomic E-state index is 12.4. The van der Waals surface area contributed by atoms with Crippen molar-refractivity contribution in [3.8, 4) is 11.5 Å². The van der Waals surface area contributed by atoms with Crippen LogP contribution >= 0.6 is 8.53 Å². The largest absolute Gasteiger partial charge is 0.464 e. The van der Waals surface area contributed by atoms with E-state index in [9.17, 15) is 14.9 Å². The summed E-state index contributed by atoms with van der Waals surface area (Å²) in [5, 5.41) is 13.9. The topological polar surface area (TPSA) is 99.9 Å². The lowest BCUT2D eigenvalue weighted by Gasteiger charge is -2.22. The molecule has 9 heteroatoms. The van der Waals surface area contributed by atoms with E-state index in [2.05, 4.69) is 18.9 Å². The monoisotopic (exact) mass is 434 g/mol. The van der Waals surface area contributed by atoms with E-state index < -0.39 is 25.5 Å². The van der Waals surface area contributed by atoms with Crippen molar-refractivity contribution < 1.29 is 23.5 Å². The fraction of sp³-hybridized carbons (Fsp3) is 0.381. The number of benzene rings is 2. The molecule has 1 N–H and O–H groups in total. The number of nitro benzene ring substituents is 1. The fourth-order valence-corrected chi connectivity index (χ4v) is 3.62. The number of carbonyl (C=O) groups is 1. The Morgan fingerprint density at radius 3 is 2.13 bits per heavy atom. The molecular formula is C21H27N2O6P. The number of esters is 1. The van der Waals surface area contributed by atoms with Crippen LogP contribution in [-0.4, -0.2) is 23.5 Å². The first-order valence-corrected chi connectivity index (χ1v) is 11.0. The Bertz CT molecular complexity index is 799. The summed E-state index contributed by atoms with van der Waals surface area (Å²) in [6.45, 7) is 6.18. The van der Waals surface area contributed by atoms with Gasteiger partial charge in [0.1, 0.15) is 17.5 Å². The Balaban J connectivity index is 2.05. The Labute approximate surface area is 177 Å². The SMILES string of the molecule is CCC(CC)COC(=O)C(C)NP(Oc1ccccc1)Oc1ccc([N+](=O)[O-])cc1. The van der Waals surface area contributed by atoms with E-state index in [1.54, 1.807) is 19.1 Å². The summed E-state index contributed by atoms with van der Waals surface area (Å²) in [4.78, 5) is 22.7. The second kappa shape index (κ2) is 12.1. The lowest BCUT2D eigenvalue weighted by molar-refractivity contribution is -0.384. The van der Waals surface area contributed by atoms with Gasteiger partial charge in [-0.05, 0) is 37.1 Å². The van der Waals surface area contributed by atoms with E-state index in [0.29, 0.717) is 24.0 Å². The van der Waals surface area contributed by atoms with Crippen molar-refractivity contribution in [2.45, 2.75) is 39.7 Å². The van der Waals surface area contributed by atoms with Crippen LogP contribution in [0.15, 0.2) is 54.6 Å². The quantitative estimate of drug-likeness (QED) is 0.211. The van der Waals surface area contributed by atoms with Crippen molar-refractivity contribution in [1.29, 1.82) is 0 Å². The highest BCUT2D eigenvalue weighted by atomic mass is 31.2. The maximum Gasteiger partial charge on any atom is 0.382 e. The highest BCUT2D eigenvalue weighted by Crippen LogP contribution is 2.37. The van der Waals surface area contributed by atoms with Gasteiger partial charge in [0.2, 0.25) is 0 Å². The number of nitro groups is 1. The smallest absolute Gasteiger partial charge is 0.382 e. The van der Waals surface area contributed by atoms with Gasteiger partial charge in [-0.2, -0.15) is 0 Å². The zero-order chi connectivity index (χ0) is 21.9. The summed E-state index contributed by atoms with van der Waals surface area (Å²) in [5.41, 5.74) is -0.0398. The third-order valence-corrected chi connectivity index (χ3v) is 5.79. The first-order chi connectivity index (χ1) is 14.4. The highest BCUT2D eigenvalue weighted by Gasteiger charge is 2.24. The predicted molar refractivity (Wildman–Crippen MR) is 115 cm³/mol. The van der Waals surface area contributed by atoms with Gasteiger partial charge in [-0.15, -0.1) is 0 Å². The minimum absolute atomic E-state index is 0.0398. The number of nitrogens with one attached hydrogen (secondary N) is 1. The van der Waals surface area contributed by atoms with Crippen LogP contribution in [0.4, 0.5) is 5.69 Å². The Kier molecular flexibility index (Phi) is 9.51. The number of para-hydroxylation sites is 1. The first kappa shape index (κ1) is 23.6. The van der Waals surface area contributed by atoms with Gasteiger partial charge in [-0.1, -0.05) is 44.9 Å².